The normalized spacial score (nSPS) is 20.1. The molecule has 1 aliphatic heterocycles. The van der Waals surface area contributed by atoms with E-state index in [1.807, 2.05) is 0 Å². The Kier molecular flexibility index (Phi) is 5.46. The lowest BCUT2D eigenvalue weighted by Gasteiger charge is -2.29. The van der Waals surface area contributed by atoms with Crippen molar-refractivity contribution in [3.05, 3.63) is 34.4 Å². The van der Waals surface area contributed by atoms with Gasteiger partial charge in [-0.05, 0) is 18.9 Å². The average molecular weight is 322 g/mol. The maximum Gasteiger partial charge on any atom is 0.289 e. The molecule has 0 saturated carbocycles. The number of nitrogens with zero attached hydrogens (tertiary/aromatic N) is 2. The molecule has 1 aromatic carbocycles. The van der Waals surface area contributed by atoms with Gasteiger partial charge >= 0.3 is 0 Å². The molecule has 2 N–H and O–H groups in total. The van der Waals surface area contributed by atoms with Crippen LogP contribution in [0.2, 0.25) is 0 Å². The molecule has 112 valence electrons. The first-order valence-corrected chi connectivity index (χ1v) is 7.36. The SMILES string of the molecule is Cl.N[C@@H]1CCCN(S(=O)(=O)c2ccccc2[N+](=O)[O-])C1. The van der Waals surface area contributed by atoms with Gasteiger partial charge in [0, 0.05) is 25.2 Å². The number of hydrogen-bond acceptors (Lipinski definition) is 5. The van der Waals surface area contributed by atoms with E-state index in [1.54, 1.807) is 0 Å². The second kappa shape index (κ2) is 6.49. The van der Waals surface area contributed by atoms with Gasteiger partial charge in [-0.3, -0.25) is 10.1 Å². The molecule has 2 rings (SSSR count). The van der Waals surface area contributed by atoms with Crippen molar-refractivity contribution >= 4 is 28.1 Å². The van der Waals surface area contributed by atoms with Crippen LogP contribution in [0.15, 0.2) is 29.2 Å². The Bertz CT molecular complexity index is 593. The van der Waals surface area contributed by atoms with Gasteiger partial charge in [0.15, 0.2) is 4.90 Å². The number of benzene rings is 1. The van der Waals surface area contributed by atoms with Gasteiger partial charge in [-0.25, -0.2) is 8.42 Å². The maximum atomic E-state index is 12.4. The first-order valence-electron chi connectivity index (χ1n) is 5.92. The van der Waals surface area contributed by atoms with Crippen molar-refractivity contribution in [3.8, 4) is 0 Å². The van der Waals surface area contributed by atoms with Gasteiger partial charge in [0.2, 0.25) is 10.0 Å². The number of hydrogen-bond donors (Lipinski definition) is 1. The number of piperidine rings is 1. The monoisotopic (exact) mass is 321 g/mol. The highest BCUT2D eigenvalue weighted by molar-refractivity contribution is 7.89. The summed E-state index contributed by atoms with van der Waals surface area (Å²) >= 11 is 0. The highest BCUT2D eigenvalue weighted by Gasteiger charge is 2.33. The second-order valence-electron chi connectivity index (χ2n) is 4.49. The van der Waals surface area contributed by atoms with Crippen LogP contribution in [0, 0.1) is 10.1 Å². The molecule has 0 unspecified atom stereocenters. The highest BCUT2D eigenvalue weighted by Crippen LogP contribution is 2.27. The van der Waals surface area contributed by atoms with Crippen LogP contribution < -0.4 is 5.73 Å². The van der Waals surface area contributed by atoms with Crippen molar-refractivity contribution in [3.63, 3.8) is 0 Å². The second-order valence-corrected chi connectivity index (χ2v) is 6.40. The van der Waals surface area contributed by atoms with Gasteiger partial charge in [0.25, 0.3) is 5.69 Å². The molecule has 0 aromatic heterocycles. The zero-order chi connectivity index (χ0) is 14.0. The topological polar surface area (TPSA) is 107 Å². The minimum Gasteiger partial charge on any atom is -0.327 e. The van der Waals surface area contributed by atoms with Crippen molar-refractivity contribution in [2.75, 3.05) is 13.1 Å². The summed E-state index contributed by atoms with van der Waals surface area (Å²) in [5.41, 5.74) is 5.36. The van der Waals surface area contributed by atoms with Crippen molar-refractivity contribution in [1.82, 2.24) is 4.31 Å². The largest absolute Gasteiger partial charge is 0.327 e. The van der Waals surface area contributed by atoms with Gasteiger partial charge < -0.3 is 5.73 Å². The Labute approximate surface area is 123 Å². The maximum absolute atomic E-state index is 12.4. The number of para-hydroxylation sites is 1. The van der Waals surface area contributed by atoms with Gasteiger partial charge in [0.05, 0.1) is 4.92 Å². The molecule has 20 heavy (non-hydrogen) atoms. The molecule has 1 saturated heterocycles. The quantitative estimate of drug-likeness (QED) is 0.663. The van der Waals surface area contributed by atoms with Crippen molar-refractivity contribution in [2.24, 2.45) is 5.73 Å². The van der Waals surface area contributed by atoms with Crippen molar-refractivity contribution in [2.45, 2.75) is 23.8 Å². The van der Waals surface area contributed by atoms with Crippen LogP contribution in [0.25, 0.3) is 0 Å². The van der Waals surface area contributed by atoms with Gasteiger partial charge in [-0.2, -0.15) is 4.31 Å². The number of sulfonamides is 1. The molecule has 0 aliphatic carbocycles. The fourth-order valence-corrected chi connectivity index (χ4v) is 3.85. The molecule has 1 fully saturated rings. The van der Waals surface area contributed by atoms with Crippen LogP contribution in [-0.2, 0) is 10.0 Å². The fourth-order valence-electron chi connectivity index (χ4n) is 2.16. The predicted octanol–water partition coefficient (Wildman–Crippen LogP) is 1.13. The third-order valence-electron chi connectivity index (χ3n) is 3.10. The molecule has 0 radical (unpaired) electrons. The number of halogens is 1. The standard InChI is InChI=1S/C11H15N3O4S.ClH/c12-9-4-3-7-13(8-9)19(17,18)11-6-2-1-5-10(11)14(15)16;/h1-2,5-6,9H,3-4,7-8,12H2;1H/t9-;/m1./s1. The molecule has 1 aliphatic rings. The molecular weight excluding hydrogens is 306 g/mol. The van der Waals surface area contributed by atoms with E-state index in [0.717, 1.165) is 6.42 Å². The highest BCUT2D eigenvalue weighted by atomic mass is 35.5. The van der Waals surface area contributed by atoms with Crippen LogP contribution >= 0.6 is 12.4 Å². The predicted molar refractivity (Wildman–Crippen MR) is 76.3 cm³/mol. The van der Waals surface area contributed by atoms with Gasteiger partial charge in [0.1, 0.15) is 0 Å². The first kappa shape index (κ1) is 16.8. The van der Waals surface area contributed by atoms with Crippen LogP contribution in [0.4, 0.5) is 5.69 Å². The molecule has 1 atom stereocenters. The smallest absolute Gasteiger partial charge is 0.289 e. The Morgan fingerprint density at radius 1 is 1.35 bits per heavy atom. The average Bonchev–Trinajstić information content (AvgIpc) is 2.38. The van der Waals surface area contributed by atoms with Crippen LogP contribution in [0.3, 0.4) is 0 Å². The van der Waals surface area contributed by atoms with E-state index < -0.39 is 20.6 Å². The number of nitro benzene ring substituents is 1. The molecule has 9 heteroatoms. The van der Waals surface area contributed by atoms with Gasteiger partial charge in [-0.15, -0.1) is 12.4 Å². The summed E-state index contributed by atoms with van der Waals surface area (Å²) in [6.45, 7) is 0.552. The molecule has 7 nitrogen and oxygen atoms in total. The van der Waals surface area contributed by atoms with E-state index in [0.29, 0.717) is 13.0 Å². The van der Waals surface area contributed by atoms with E-state index in [1.165, 1.54) is 28.6 Å². The molecule has 0 spiro atoms. The zero-order valence-electron chi connectivity index (χ0n) is 10.6. The van der Waals surface area contributed by atoms with E-state index in [2.05, 4.69) is 0 Å². The minimum absolute atomic E-state index is 0. The summed E-state index contributed by atoms with van der Waals surface area (Å²) in [6.07, 6.45) is 1.43. The number of nitro groups is 1. The number of rotatable bonds is 3. The lowest BCUT2D eigenvalue weighted by Crippen LogP contribution is -2.45. The molecule has 1 aromatic rings. The Hall–Kier alpha value is -1.22. The molecule has 0 bridgehead atoms. The zero-order valence-corrected chi connectivity index (χ0v) is 12.3. The summed E-state index contributed by atoms with van der Waals surface area (Å²) in [5.74, 6) is 0. The molecule has 0 amide bonds. The first-order chi connectivity index (χ1) is 8.93. The summed E-state index contributed by atoms with van der Waals surface area (Å²) in [6, 6.07) is 5.15. The fraction of sp³-hybridized carbons (Fsp3) is 0.455. The molecular formula is C11H16ClN3O4S. The van der Waals surface area contributed by atoms with Crippen LogP contribution in [0.5, 0.6) is 0 Å². The van der Waals surface area contributed by atoms with Gasteiger partial charge in [-0.1, -0.05) is 12.1 Å². The summed E-state index contributed by atoms with van der Waals surface area (Å²) in [5, 5.41) is 10.9. The lowest BCUT2D eigenvalue weighted by atomic mass is 10.1. The minimum atomic E-state index is -3.86. The summed E-state index contributed by atoms with van der Waals surface area (Å²) < 4.78 is 26.1. The van der Waals surface area contributed by atoms with E-state index in [9.17, 15) is 18.5 Å². The van der Waals surface area contributed by atoms with Crippen molar-refractivity contribution in [1.29, 1.82) is 0 Å². The third kappa shape index (κ3) is 3.26. The summed E-state index contributed by atoms with van der Waals surface area (Å²) in [7, 11) is -3.86. The van der Waals surface area contributed by atoms with Crippen LogP contribution in [-0.4, -0.2) is 36.8 Å². The Balaban J connectivity index is 0.00000200. The Morgan fingerprint density at radius 3 is 2.60 bits per heavy atom. The third-order valence-corrected chi connectivity index (χ3v) is 5.01. The van der Waals surface area contributed by atoms with E-state index in [-0.39, 0.29) is 29.9 Å². The lowest BCUT2D eigenvalue weighted by molar-refractivity contribution is -0.387. The van der Waals surface area contributed by atoms with Crippen LogP contribution in [0.1, 0.15) is 12.8 Å². The number of nitrogens with two attached hydrogens (primary N) is 1. The molecule has 1 heterocycles. The summed E-state index contributed by atoms with van der Waals surface area (Å²) in [4.78, 5) is 9.96. The Morgan fingerprint density at radius 2 is 2.00 bits per heavy atom. The van der Waals surface area contributed by atoms with Crippen molar-refractivity contribution < 1.29 is 13.3 Å². The van der Waals surface area contributed by atoms with E-state index in [4.69, 9.17) is 5.73 Å². The van der Waals surface area contributed by atoms with E-state index >= 15 is 0 Å².